The van der Waals surface area contributed by atoms with Gasteiger partial charge in [-0.1, -0.05) is 0 Å². The van der Waals surface area contributed by atoms with Crippen LogP contribution in [0.25, 0.3) is 0 Å². The predicted molar refractivity (Wildman–Crippen MR) is 61.8 cm³/mol. The van der Waals surface area contributed by atoms with Crippen LogP contribution in [0.2, 0.25) is 0 Å². The number of rotatable bonds is 2. The van der Waals surface area contributed by atoms with Crippen LogP contribution in [0.4, 0.5) is 0 Å². The number of carbonyl (C=O) groups is 1. The zero-order valence-electron chi connectivity index (χ0n) is 8.34. The minimum atomic E-state index is -0.884. The summed E-state index contributed by atoms with van der Waals surface area (Å²) in [5, 5.41) is 9.73. The van der Waals surface area contributed by atoms with Crippen LogP contribution in [-0.4, -0.2) is 46.1 Å². The summed E-state index contributed by atoms with van der Waals surface area (Å²) >= 11 is 3.18. The highest BCUT2D eigenvalue weighted by molar-refractivity contribution is 7.99. The topological polar surface area (TPSA) is 53.4 Å². The maximum atomic E-state index is 10.7. The second kappa shape index (κ2) is 4.51. The van der Waals surface area contributed by atoms with Gasteiger partial charge in [-0.05, 0) is 7.05 Å². The minimum Gasteiger partial charge on any atom is -0.477 e. The van der Waals surface area contributed by atoms with E-state index in [0.29, 0.717) is 4.88 Å². The molecular weight excluding hydrogens is 232 g/mol. The summed E-state index contributed by atoms with van der Waals surface area (Å²) in [6.45, 7) is 1.04. The van der Waals surface area contributed by atoms with Crippen molar-refractivity contribution in [2.75, 3.05) is 25.1 Å². The molecule has 2 rings (SSSR count). The van der Waals surface area contributed by atoms with Crippen molar-refractivity contribution in [3.63, 3.8) is 0 Å². The summed E-state index contributed by atoms with van der Waals surface area (Å²) in [5.41, 5.74) is 0. The highest BCUT2D eigenvalue weighted by Gasteiger charge is 2.24. The molecule has 0 radical (unpaired) electrons. The molecule has 1 unspecified atom stereocenters. The van der Waals surface area contributed by atoms with Crippen LogP contribution in [0.3, 0.4) is 0 Å². The second-order valence-corrected chi connectivity index (χ2v) is 5.65. The van der Waals surface area contributed by atoms with E-state index in [0.717, 1.165) is 23.1 Å². The van der Waals surface area contributed by atoms with Crippen molar-refractivity contribution in [2.45, 2.75) is 6.04 Å². The van der Waals surface area contributed by atoms with Gasteiger partial charge in [0.15, 0.2) is 0 Å². The van der Waals surface area contributed by atoms with Gasteiger partial charge in [0.1, 0.15) is 9.88 Å². The van der Waals surface area contributed by atoms with Crippen molar-refractivity contribution in [2.24, 2.45) is 0 Å². The van der Waals surface area contributed by atoms with Gasteiger partial charge in [0.2, 0.25) is 0 Å². The first-order chi connectivity index (χ1) is 7.18. The monoisotopic (exact) mass is 244 g/mol. The van der Waals surface area contributed by atoms with E-state index in [2.05, 4.69) is 16.9 Å². The molecule has 1 aromatic rings. The van der Waals surface area contributed by atoms with Gasteiger partial charge in [-0.15, -0.1) is 11.3 Å². The number of carboxylic acid groups (broad SMARTS) is 1. The molecule has 4 nitrogen and oxygen atoms in total. The fourth-order valence-corrected chi connectivity index (χ4v) is 3.73. The van der Waals surface area contributed by atoms with E-state index < -0.39 is 5.97 Å². The second-order valence-electron chi connectivity index (χ2n) is 3.44. The lowest BCUT2D eigenvalue weighted by Crippen LogP contribution is -2.32. The van der Waals surface area contributed by atoms with E-state index in [4.69, 9.17) is 5.11 Å². The molecule has 15 heavy (non-hydrogen) atoms. The Kier molecular flexibility index (Phi) is 3.28. The predicted octanol–water partition coefficient (Wildman–Crippen LogP) is 1.56. The molecule has 1 saturated heterocycles. The van der Waals surface area contributed by atoms with Gasteiger partial charge in [-0.3, -0.25) is 4.90 Å². The molecular formula is C9H12N2O2S2. The van der Waals surface area contributed by atoms with E-state index in [-0.39, 0.29) is 6.04 Å². The SMILES string of the molecule is CN1CCSCC1c1ncc(C(=O)O)s1. The molecule has 0 aliphatic carbocycles. The Morgan fingerprint density at radius 1 is 1.73 bits per heavy atom. The number of nitrogens with zero attached hydrogens (tertiary/aromatic N) is 2. The Balaban J connectivity index is 2.17. The van der Waals surface area contributed by atoms with Crippen molar-refractivity contribution < 1.29 is 9.90 Å². The highest BCUT2D eigenvalue weighted by Crippen LogP contribution is 2.30. The Bertz CT molecular complexity index is 367. The Morgan fingerprint density at radius 2 is 2.53 bits per heavy atom. The fourth-order valence-electron chi connectivity index (χ4n) is 1.49. The first-order valence-corrected chi connectivity index (χ1v) is 6.62. The Hall–Kier alpha value is -0.590. The lowest BCUT2D eigenvalue weighted by Gasteiger charge is -2.30. The van der Waals surface area contributed by atoms with Gasteiger partial charge >= 0.3 is 5.97 Å². The summed E-state index contributed by atoms with van der Waals surface area (Å²) in [7, 11) is 2.06. The number of hydrogen-bond acceptors (Lipinski definition) is 5. The van der Waals surface area contributed by atoms with Crippen LogP contribution in [-0.2, 0) is 0 Å². The van der Waals surface area contributed by atoms with Gasteiger partial charge in [0.25, 0.3) is 0 Å². The zero-order chi connectivity index (χ0) is 10.8. The number of thiazole rings is 1. The van der Waals surface area contributed by atoms with E-state index in [1.165, 1.54) is 17.5 Å². The minimum absolute atomic E-state index is 0.279. The van der Waals surface area contributed by atoms with Crippen molar-refractivity contribution in [3.05, 3.63) is 16.1 Å². The molecule has 0 spiro atoms. The maximum Gasteiger partial charge on any atom is 0.347 e. The highest BCUT2D eigenvalue weighted by atomic mass is 32.2. The van der Waals surface area contributed by atoms with Crippen molar-refractivity contribution in [1.82, 2.24) is 9.88 Å². The van der Waals surface area contributed by atoms with Crippen LogP contribution < -0.4 is 0 Å². The molecule has 0 amide bonds. The normalized spacial score (nSPS) is 22.9. The molecule has 0 bridgehead atoms. The average molecular weight is 244 g/mol. The molecule has 1 fully saturated rings. The molecule has 1 aromatic heterocycles. The zero-order valence-corrected chi connectivity index (χ0v) is 9.98. The van der Waals surface area contributed by atoms with Crippen LogP contribution in [0.1, 0.15) is 20.7 Å². The van der Waals surface area contributed by atoms with E-state index in [1.54, 1.807) is 0 Å². The Labute approximate surface area is 96.3 Å². The van der Waals surface area contributed by atoms with Crippen LogP contribution in [0, 0.1) is 0 Å². The van der Waals surface area contributed by atoms with Crippen molar-refractivity contribution in [3.8, 4) is 0 Å². The van der Waals surface area contributed by atoms with Crippen molar-refractivity contribution >= 4 is 29.1 Å². The van der Waals surface area contributed by atoms with Crippen LogP contribution in [0.15, 0.2) is 6.20 Å². The standard InChI is InChI=1S/C9H12N2O2S2/c1-11-2-3-14-5-6(11)8-10-4-7(15-8)9(12)13/h4,6H,2-3,5H2,1H3,(H,12,13). The van der Waals surface area contributed by atoms with Gasteiger partial charge < -0.3 is 5.11 Å². The number of hydrogen-bond donors (Lipinski definition) is 1. The number of carboxylic acids is 1. The summed E-state index contributed by atoms with van der Waals surface area (Å²) in [6.07, 6.45) is 1.45. The summed E-state index contributed by atoms with van der Waals surface area (Å²) in [4.78, 5) is 17.5. The van der Waals surface area contributed by atoms with E-state index >= 15 is 0 Å². The molecule has 0 aromatic carbocycles. The number of aromatic nitrogens is 1. The molecule has 2 heterocycles. The van der Waals surface area contributed by atoms with Gasteiger partial charge in [-0.25, -0.2) is 9.78 Å². The Morgan fingerprint density at radius 3 is 3.13 bits per heavy atom. The van der Waals surface area contributed by atoms with Crippen LogP contribution in [0.5, 0.6) is 0 Å². The third-order valence-electron chi connectivity index (χ3n) is 2.42. The summed E-state index contributed by atoms with van der Waals surface area (Å²) in [5.74, 6) is 1.26. The van der Waals surface area contributed by atoms with Crippen molar-refractivity contribution in [1.29, 1.82) is 0 Å². The smallest absolute Gasteiger partial charge is 0.347 e. The number of thioether (sulfide) groups is 1. The lowest BCUT2D eigenvalue weighted by molar-refractivity contribution is 0.0702. The third kappa shape index (κ3) is 2.32. The van der Waals surface area contributed by atoms with Gasteiger partial charge in [0, 0.05) is 18.1 Å². The summed E-state index contributed by atoms with van der Waals surface area (Å²) < 4.78 is 0. The molecule has 1 aliphatic heterocycles. The van der Waals surface area contributed by atoms with E-state index in [1.807, 2.05) is 11.8 Å². The average Bonchev–Trinajstić information content (AvgIpc) is 2.67. The molecule has 1 atom stereocenters. The number of aromatic carboxylic acids is 1. The molecule has 1 N–H and O–H groups in total. The largest absolute Gasteiger partial charge is 0.477 e. The van der Waals surface area contributed by atoms with Gasteiger partial charge in [0.05, 0.1) is 12.2 Å². The van der Waals surface area contributed by atoms with E-state index in [9.17, 15) is 4.79 Å². The maximum absolute atomic E-state index is 10.7. The third-order valence-corrected chi connectivity index (χ3v) is 4.52. The molecule has 82 valence electrons. The lowest BCUT2D eigenvalue weighted by atomic mass is 10.3. The molecule has 0 saturated carbocycles. The molecule has 1 aliphatic rings. The van der Waals surface area contributed by atoms with Crippen LogP contribution >= 0.6 is 23.1 Å². The first kappa shape index (κ1) is 10.9. The quantitative estimate of drug-likeness (QED) is 0.855. The summed E-state index contributed by atoms with van der Waals surface area (Å²) in [6, 6.07) is 0.279. The molecule has 6 heteroatoms. The van der Waals surface area contributed by atoms with Gasteiger partial charge in [-0.2, -0.15) is 11.8 Å². The first-order valence-electron chi connectivity index (χ1n) is 4.65. The fraction of sp³-hybridized carbons (Fsp3) is 0.556.